The molecule has 0 aliphatic heterocycles. The first kappa shape index (κ1) is 24.7. The largest absolute Gasteiger partial charge is 0.299 e. The standard InChI is InChI=1S/C27H44O/c1-4-6-7-8-9-10-11-12-13-14-18-23-27(22-5-2,25(3)28)24-21-26-19-16-15-17-20-26/h15-17,19-21,24H,4-14,18,22-23H2,1-3H3. The molecule has 0 radical (unpaired) electrons. The molecule has 0 spiro atoms. The van der Waals surface area contributed by atoms with Gasteiger partial charge >= 0.3 is 0 Å². The van der Waals surface area contributed by atoms with Crippen molar-refractivity contribution >= 4 is 11.9 Å². The Hall–Kier alpha value is -1.37. The average molecular weight is 385 g/mol. The number of hydrogen-bond acceptors (Lipinski definition) is 1. The smallest absolute Gasteiger partial charge is 0.139 e. The second-order valence-corrected chi connectivity index (χ2v) is 8.49. The fourth-order valence-corrected chi connectivity index (χ4v) is 4.13. The Bertz CT molecular complexity index is 530. The molecule has 158 valence electrons. The van der Waals surface area contributed by atoms with Crippen LogP contribution in [-0.2, 0) is 4.79 Å². The highest BCUT2D eigenvalue weighted by Gasteiger charge is 2.30. The second-order valence-electron chi connectivity index (χ2n) is 8.49. The van der Waals surface area contributed by atoms with Crippen LogP contribution in [0.5, 0.6) is 0 Å². The van der Waals surface area contributed by atoms with Gasteiger partial charge in [-0.1, -0.05) is 133 Å². The number of rotatable bonds is 17. The van der Waals surface area contributed by atoms with Crippen molar-refractivity contribution in [2.24, 2.45) is 5.41 Å². The van der Waals surface area contributed by atoms with Crippen LogP contribution in [0.3, 0.4) is 0 Å². The van der Waals surface area contributed by atoms with Crippen molar-refractivity contribution in [3.63, 3.8) is 0 Å². The summed E-state index contributed by atoms with van der Waals surface area (Å²) >= 11 is 0. The first-order chi connectivity index (χ1) is 13.6. The van der Waals surface area contributed by atoms with E-state index < -0.39 is 0 Å². The second kappa shape index (κ2) is 15.5. The van der Waals surface area contributed by atoms with Gasteiger partial charge in [0.25, 0.3) is 0 Å². The molecule has 0 saturated carbocycles. The first-order valence-corrected chi connectivity index (χ1v) is 11.9. The van der Waals surface area contributed by atoms with Gasteiger partial charge in [0, 0.05) is 5.41 Å². The van der Waals surface area contributed by atoms with Crippen molar-refractivity contribution < 1.29 is 4.79 Å². The number of benzene rings is 1. The van der Waals surface area contributed by atoms with E-state index >= 15 is 0 Å². The molecule has 0 N–H and O–H groups in total. The molecular weight excluding hydrogens is 340 g/mol. The van der Waals surface area contributed by atoms with Gasteiger partial charge in [0.15, 0.2) is 0 Å². The summed E-state index contributed by atoms with van der Waals surface area (Å²) in [6, 6.07) is 10.4. The number of carbonyl (C=O) groups is 1. The van der Waals surface area contributed by atoms with Crippen molar-refractivity contribution in [2.45, 2.75) is 111 Å². The lowest BCUT2D eigenvalue weighted by molar-refractivity contribution is -0.124. The van der Waals surface area contributed by atoms with E-state index in [4.69, 9.17) is 0 Å². The van der Waals surface area contributed by atoms with Crippen molar-refractivity contribution in [3.05, 3.63) is 42.0 Å². The first-order valence-electron chi connectivity index (χ1n) is 11.9. The van der Waals surface area contributed by atoms with Gasteiger partial charge in [0.2, 0.25) is 0 Å². The Morgan fingerprint density at radius 1 is 0.750 bits per heavy atom. The fourth-order valence-electron chi connectivity index (χ4n) is 4.13. The molecule has 0 aliphatic rings. The van der Waals surface area contributed by atoms with E-state index in [0.717, 1.165) is 25.7 Å². The predicted octanol–water partition coefficient (Wildman–Crippen LogP) is 8.78. The molecule has 1 nitrogen and oxygen atoms in total. The lowest BCUT2D eigenvalue weighted by atomic mass is 9.75. The molecule has 1 rings (SSSR count). The van der Waals surface area contributed by atoms with Gasteiger partial charge in [0.05, 0.1) is 0 Å². The van der Waals surface area contributed by atoms with E-state index in [1.54, 1.807) is 6.92 Å². The summed E-state index contributed by atoms with van der Waals surface area (Å²) in [6.07, 6.45) is 22.2. The van der Waals surface area contributed by atoms with E-state index in [0.29, 0.717) is 5.78 Å². The normalized spacial score (nSPS) is 13.7. The van der Waals surface area contributed by atoms with E-state index in [-0.39, 0.29) is 5.41 Å². The highest BCUT2D eigenvalue weighted by Crippen LogP contribution is 2.34. The number of carbonyl (C=O) groups excluding carboxylic acids is 1. The summed E-state index contributed by atoms with van der Waals surface area (Å²) in [5.74, 6) is 0.327. The highest BCUT2D eigenvalue weighted by molar-refractivity contribution is 5.85. The molecular formula is C27H44O. The third-order valence-corrected chi connectivity index (χ3v) is 6.02. The van der Waals surface area contributed by atoms with Gasteiger partial charge in [-0.2, -0.15) is 0 Å². The summed E-state index contributed by atoms with van der Waals surface area (Å²) < 4.78 is 0. The highest BCUT2D eigenvalue weighted by atomic mass is 16.1. The van der Waals surface area contributed by atoms with E-state index in [2.05, 4.69) is 50.3 Å². The Labute approximate surface area is 175 Å². The maximum Gasteiger partial charge on any atom is 0.139 e. The van der Waals surface area contributed by atoms with Crippen LogP contribution in [-0.4, -0.2) is 5.78 Å². The van der Waals surface area contributed by atoms with Crippen LogP contribution in [0.2, 0.25) is 0 Å². The molecule has 0 bridgehead atoms. The predicted molar refractivity (Wildman–Crippen MR) is 125 cm³/mol. The number of allylic oxidation sites excluding steroid dienone is 1. The zero-order chi connectivity index (χ0) is 20.5. The third kappa shape index (κ3) is 10.2. The Morgan fingerprint density at radius 2 is 1.29 bits per heavy atom. The van der Waals surface area contributed by atoms with Crippen molar-refractivity contribution in [1.29, 1.82) is 0 Å². The lowest BCUT2D eigenvalue weighted by Crippen LogP contribution is -2.26. The number of Topliss-reactive ketones (excluding diaryl/α,β-unsaturated/α-hetero) is 1. The topological polar surface area (TPSA) is 17.1 Å². The monoisotopic (exact) mass is 384 g/mol. The maximum atomic E-state index is 12.5. The molecule has 0 saturated heterocycles. The molecule has 1 atom stereocenters. The van der Waals surface area contributed by atoms with Crippen molar-refractivity contribution in [3.8, 4) is 0 Å². The maximum absolute atomic E-state index is 12.5. The summed E-state index contributed by atoms with van der Waals surface area (Å²) in [6.45, 7) is 6.25. The summed E-state index contributed by atoms with van der Waals surface area (Å²) in [5.41, 5.74) is 0.910. The summed E-state index contributed by atoms with van der Waals surface area (Å²) in [5, 5.41) is 0. The average Bonchev–Trinajstić information content (AvgIpc) is 2.70. The van der Waals surface area contributed by atoms with E-state index in [1.165, 1.54) is 69.8 Å². The van der Waals surface area contributed by atoms with Crippen LogP contribution in [0.4, 0.5) is 0 Å². The lowest BCUT2D eigenvalue weighted by Gasteiger charge is -2.28. The number of ketones is 1. The molecule has 0 amide bonds. The minimum absolute atomic E-state index is 0.274. The molecule has 1 aromatic carbocycles. The number of hydrogen-bond donors (Lipinski definition) is 0. The molecule has 1 aromatic rings. The Balaban J connectivity index is 2.36. The van der Waals surface area contributed by atoms with Gasteiger partial charge in [-0.25, -0.2) is 0 Å². The van der Waals surface area contributed by atoms with Crippen molar-refractivity contribution in [1.82, 2.24) is 0 Å². The zero-order valence-corrected chi connectivity index (χ0v) is 18.8. The Kier molecular flexibility index (Phi) is 13.7. The number of unbranched alkanes of at least 4 members (excludes halogenated alkanes) is 10. The van der Waals surface area contributed by atoms with E-state index in [9.17, 15) is 4.79 Å². The van der Waals surface area contributed by atoms with Gasteiger partial charge in [-0.3, -0.25) is 4.79 Å². The van der Waals surface area contributed by atoms with Crippen molar-refractivity contribution in [2.75, 3.05) is 0 Å². The van der Waals surface area contributed by atoms with Crippen LogP contribution in [0.25, 0.3) is 6.08 Å². The Morgan fingerprint density at radius 3 is 1.79 bits per heavy atom. The van der Waals surface area contributed by atoms with E-state index in [1.807, 2.05) is 6.07 Å². The minimum atomic E-state index is -0.274. The van der Waals surface area contributed by atoms with Gasteiger partial charge in [-0.15, -0.1) is 0 Å². The van der Waals surface area contributed by atoms with Crippen LogP contribution in [0.15, 0.2) is 36.4 Å². The van der Waals surface area contributed by atoms with Crippen LogP contribution in [0, 0.1) is 5.41 Å². The van der Waals surface area contributed by atoms with Gasteiger partial charge in [-0.05, 0) is 25.3 Å². The van der Waals surface area contributed by atoms with Crippen LogP contribution >= 0.6 is 0 Å². The summed E-state index contributed by atoms with van der Waals surface area (Å²) in [7, 11) is 0. The van der Waals surface area contributed by atoms with Gasteiger partial charge < -0.3 is 0 Å². The van der Waals surface area contributed by atoms with Crippen LogP contribution < -0.4 is 0 Å². The minimum Gasteiger partial charge on any atom is -0.299 e. The zero-order valence-electron chi connectivity index (χ0n) is 18.8. The third-order valence-electron chi connectivity index (χ3n) is 6.02. The molecule has 0 aromatic heterocycles. The quantitative estimate of drug-likeness (QED) is 0.245. The summed E-state index contributed by atoms with van der Waals surface area (Å²) in [4.78, 5) is 12.5. The van der Waals surface area contributed by atoms with Gasteiger partial charge in [0.1, 0.15) is 5.78 Å². The fraction of sp³-hybridized carbons (Fsp3) is 0.667. The molecule has 28 heavy (non-hydrogen) atoms. The molecule has 0 aliphatic carbocycles. The molecule has 0 fully saturated rings. The SMILES string of the molecule is CCCCCCCCCCCCCC(C=Cc1ccccc1)(CCC)C(C)=O. The van der Waals surface area contributed by atoms with Crippen LogP contribution in [0.1, 0.15) is 116 Å². The molecule has 1 unspecified atom stereocenters. The molecule has 1 heteroatoms. The molecule has 0 heterocycles.